The predicted molar refractivity (Wildman–Crippen MR) is 87.1 cm³/mol. The molecule has 0 saturated heterocycles. The number of benzene rings is 2. The number of nitrogens with two attached hydrogens (primary N) is 1. The van der Waals surface area contributed by atoms with Crippen LogP contribution in [0.15, 0.2) is 59.1 Å². The predicted octanol–water partition coefficient (Wildman–Crippen LogP) is 3.51. The van der Waals surface area contributed by atoms with Gasteiger partial charge in [-0.05, 0) is 43.3 Å². The minimum atomic E-state index is -0.513. The van der Waals surface area contributed by atoms with Crippen molar-refractivity contribution >= 4 is 5.91 Å². The summed E-state index contributed by atoms with van der Waals surface area (Å²) in [7, 11) is 0. The standard InChI is InChI=1S/C18H16N2O3/c1-2-22-13-9-7-12(8-10-13)16-11-20-18(23-16)15-6-4-3-5-14(15)17(19)21/h3-11H,2H2,1H3,(H2,19,21). The molecular formula is C18H16N2O3. The molecule has 23 heavy (non-hydrogen) atoms. The molecule has 0 aliphatic carbocycles. The van der Waals surface area contributed by atoms with E-state index in [1.807, 2.05) is 37.3 Å². The number of oxazole rings is 1. The van der Waals surface area contributed by atoms with Gasteiger partial charge in [-0.1, -0.05) is 12.1 Å². The van der Waals surface area contributed by atoms with Crippen LogP contribution in [0, 0.1) is 0 Å². The van der Waals surface area contributed by atoms with Gasteiger partial charge >= 0.3 is 0 Å². The lowest BCUT2D eigenvalue weighted by atomic mass is 10.1. The molecule has 0 aliphatic rings. The Hall–Kier alpha value is -3.08. The lowest BCUT2D eigenvalue weighted by Gasteiger charge is -2.03. The van der Waals surface area contributed by atoms with Crippen molar-refractivity contribution < 1.29 is 13.9 Å². The molecule has 1 heterocycles. The third kappa shape index (κ3) is 3.08. The van der Waals surface area contributed by atoms with E-state index in [1.54, 1.807) is 24.4 Å². The first-order valence-electron chi connectivity index (χ1n) is 7.27. The first-order valence-corrected chi connectivity index (χ1v) is 7.27. The van der Waals surface area contributed by atoms with E-state index >= 15 is 0 Å². The third-order valence-electron chi connectivity index (χ3n) is 3.38. The van der Waals surface area contributed by atoms with Crippen molar-refractivity contribution in [3.8, 4) is 28.5 Å². The second-order valence-electron chi connectivity index (χ2n) is 4.90. The van der Waals surface area contributed by atoms with Gasteiger partial charge in [-0.25, -0.2) is 4.98 Å². The number of hydrogen-bond donors (Lipinski definition) is 1. The second-order valence-corrected chi connectivity index (χ2v) is 4.90. The van der Waals surface area contributed by atoms with Gasteiger partial charge in [0.05, 0.1) is 18.4 Å². The summed E-state index contributed by atoms with van der Waals surface area (Å²) in [5.41, 5.74) is 7.23. The number of nitrogens with zero attached hydrogens (tertiary/aromatic N) is 1. The van der Waals surface area contributed by atoms with Gasteiger partial charge in [0.15, 0.2) is 5.76 Å². The zero-order valence-corrected chi connectivity index (χ0v) is 12.7. The maximum atomic E-state index is 11.5. The number of aromatic nitrogens is 1. The van der Waals surface area contributed by atoms with Crippen LogP contribution >= 0.6 is 0 Å². The molecular weight excluding hydrogens is 292 g/mol. The number of amides is 1. The van der Waals surface area contributed by atoms with Crippen LogP contribution in [0.5, 0.6) is 5.75 Å². The quantitative estimate of drug-likeness (QED) is 0.782. The van der Waals surface area contributed by atoms with E-state index in [9.17, 15) is 4.79 Å². The highest BCUT2D eigenvalue weighted by atomic mass is 16.5. The highest BCUT2D eigenvalue weighted by Gasteiger charge is 2.14. The Morgan fingerprint density at radius 3 is 2.61 bits per heavy atom. The van der Waals surface area contributed by atoms with E-state index in [0.717, 1.165) is 11.3 Å². The minimum Gasteiger partial charge on any atom is -0.494 e. The minimum absolute atomic E-state index is 0.364. The van der Waals surface area contributed by atoms with Gasteiger partial charge in [0.25, 0.3) is 0 Å². The molecule has 0 radical (unpaired) electrons. The molecule has 116 valence electrons. The molecule has 5 heteroatoms. The van der Waals surface area contributed by atoms with Crippen molar-refractivity contribution in [3.05, 3.63) is 60.3 Å². The first-order chi connectivity index (χ1) is 11.2. The summed E-state index contributed by atoms with van der Waals surface area (Å²) in [6, 6.07) is 14.5. The molecule has 0 saturated carbocycles. The number of primary amides is 1. The number of rotatable bonds is 5. The van der Waals surface area contributed by atoms with Gasteiger partial charge in [0, 0.05) is 11.1 Å². The summed E-state index contributed by atoms with van der Waals surface area (Å²) in [6.07, 6.45) is 1.63. The van der Waals surface area contributed by atoms with E-state index in [0.29, 0.717) is 29.4 Å². The summed E-state index contributed by atoms with van der Waals surface area (Å²) in [5.74, 6) is 1.27. The third-order valence-corrected chi connectivity index (χ3v) is 3.38. The molecule has 0 spiro atoms. The van der Waals surface area contributed by atoms with Crippen LogP contribution in [0.1, 0.15) is 17.3 Å². The number of hydrogen-bond acceptors (Lipinski definition) is 4. The molecule has 0 unspecified atom stereocenters. The van der Waals surface area contributed by atoms with Crippen LogP contribution in [-0.4, -0.2) is 17.5 Å². The molecule has 1 aromatic heterocycles. The summed E-state index contributed by atoms with van der Waals surface area (Å²) >= 11 is 0. The smallest absolute Gasteiger partial charge is 0.249 e. The van der Waals surface area contributed by atoms with Crippen LogP contribution in [0.2, 0.25) is 0 Å². The Labute approximate surface area is 133 Å². The fourth-order valence-electron chi connectivity index (χ4n) is 2.30. The molecule has 3 rings (SSSR count). The Bertz CT molecular complexity index is 822. The Kier molecular flexibility index (Phi) is 4.10. The van der Waals surface area contributed by atoms with Crippen molar-refractivity contribution in [2.45, 2.75) is 6.92 Å². The van der Waals surface area contributed by atoms with Gasteiger partial charge in [-0.3, -0.25) is 4.79 Å². The largest absolute Gasteiger partial charge is 0.494 e. The maximum Gasteiger partial charge on any atom is 0.249 e. The molecule has 5 nitrogen and oxygen atoms in total. The second kappa shape index (κ2) is 6.36. The fraction of sp³-hybridized carbons (Fsp3) is 0.111. The Balaban J connectivity index is 1.93. The highest BCUT2D eigenvalue weighted by Crippen LogP contribution is 2.29. The van der Waals surface area contributed by atoms with Crippen LogP contribution in [0.25, 0.3) is 22.8 Å². The number of ether oxygens (including phenoxy) is 1. The van der Waals surface area contributed by atoms with Crippen molar-refractivity contribution in [2.24, 2.45) is 5.73 Å². The van der Waals surface area contributed by atoms with Crippen LogP contribution in [0.4, 0.5) is 0 Å². The molecule has 1 amide bonds. The monoisotopic (exact) mass is 308 g/mol. The van der Waals surface area contributed by atoms with E-state index in [-0.39, 0.29) is 0 Å². The molecule has 0 fully saturated rings. The summed E-state index contributed by atoms with van der Waals surface area (Å²) in [5, 5.41) is 0. The topological polar surface area (TPSA) is 78.4 Å². The summed E-state index contributed by atoms with van der Waals surface area (Å²) < 4.78 is 11.2. The van der Waals surface area contributed by atoms with Crippen LogP contribution < -0.4 is 10.5 Å². The van der Waals surface area contributed by atoms with Crippen molar-refractivity contribution in [1.82, 2.24) is 4.98 Å². The van der Waals surface area contributed by atoms with E-state index in [1.165, 1.54) is 0 Å². The lowest BCUT2D eigenvalue weighted by Crippen LogP contribution is -2.12. The zero-order chi connectivity index (χ0) is 16.2. The van der Waals surface area contributed by atoms with Crippen molar-refractivity contribution in [3.63, 3.8) is 0 Å². The van der Waals surface area contributed by atoms with Gasteiger partial charge in [0.1, 0.15) is 5.75 Å². The molecule has 2 N–H and O–H groups in total. The van der Waals surface area contributed by atoms with E-state index < -0.39 is 5.91 Å². The van der Waals surface area contributed by atoms with Gasteiger partial charge in [-0.15, -0.1) is 0 Å². The molecule has 3 aromatic rings. The highest BCUT2D eigenvalue weighted by molar-refractivity contribution is 5.98. The van der Waals surface area contributed by atoms with Gasteiger partial charge in [0.2, 0.25) is 11.8 Å². The first kappa shape index (κ1) is 14.8. The molecule has 2 aromatic carbocycles. The molecule has 0 aliphatic heterocycles. The van der Waals surface area contributed by atoms with Gasteiger partial charge in [-0.2, -0.15) is 0 Å². The average molecular weight is 308 g/mol. The maximum absolute atomic E-state index is 11.5. The van der Waals surface area contributed by atoms with Crippen molar-refractivity contribution in [1.29, 1.82) is 0 Å². The van der Waals surface area contributed by atoms with E-state index in [4.69, 9.17) is 14.9 Å². The fourth-order valence-corrected chi connectivity index (χ4v) is 2.30. The SMILES string of the molecule is CCOc1ccc(-c2cnc(-c3ccccc3C(N)=O)o2)cc1. The van der Waals surface area contributed by atoms with Crippen LogP contribution in [-0.2, 0) is 0 Å². The van der Waals surface area contributed by atoms with Crippen molar-refractivity contribution in [2.75, 3.05) is 6.61 Å². The molecule has 0 bridgehead atoms. The van der Waals surface area contributed by atoms with Crippen LogP contribution in [0.3, 0.4) is 0 Å². The van der Waals surface area contributed by atoms with Gasteiger partial charge < -0.3 is 14.9 Å². The number of carbonyl (C=O) groups is 1. The average Bonchev–Trinajstić information content (AvgIpc) is 3.06. The summed E-state index contributed by atoms with van der Waals surface area (Å²) in [6.45, 7) is 2.56. The Morgan fingerprint density at radius 2 is 1.91 bits per heavy atom. The summed E-state index contributed by atoms with van der Waals surface area (Å²) in [4.78, 5) is 15.8. The normalized spacial score (nSPS) is 10.5. The number of carbonyl (C=O) groups excluding carboxylic acids is 1. The zero-order valence-electron chi connectivity index (χ0n) is 12.7. The Morgan fingerprint density at radius 1 is 1.17 bits per heavy atom. The molecule has 0 atom stereocenters. The lowest BCUT2D eigenvalue weighted by molar-refractivity contribution is 0.100. The van der Waals surface area contributed by atoms with E-state index in [2.05, 4.69) is 4.98 Å².